The Bertz CT molecular complexity index is 768. The number of pyridine rings is 1. The van der Waals surface area contributed by atoms with E-state index < -0.39 is 0 Å². The standard InChI is InChI=1S/C20H27N5O3/c1-2-17(25(7-1)16-5-10-26-11-6-16)20-22-19(23-28-20)15-3-4-18(21-14-15)24-8-12-27-13-9-24/h3-4,14,16-17H,1-2,5-13H2/t17-/m0/s1. The Labute approximate surface area is 164 Å². The highest BCUT2D eigenvalue weighted by atomic mass is 16.5. The van der Waals surface area contributed by atoms with Crippen LogP contribution in [0.4, 0.5) is 5.82 Å². The predicted octanol–water partition coefficient (Wildman–Crippen LogP) is 2.28. The van der Waals surface area contributed by atoms with E-state index in [9.17, 15) is 0 Å². The van der Waals surface area contributed by atoms with Crippen molar-refractivity contribution in [3.63, 3.8) is 0 Å². The lowest BCUT2D eigenvalue weighted by Crippen LogP contribution is -2.39. The van der Waals surface area contributed by atoms with E-state index in [1.807, 2.05) is 18.3 Å². The molecule has 8 heteroatoms. The highest BCUT2D eigenvalue weighted by Gasteiger charge is 2.36. The number of ether oxygens (including phenoxy) is 2. The summed E-state index contributed by atoms with van der Waals surface area (Å²) < 4.78 is 16.6. The molecule has 0 saturated carbocycles. The molecule has 8 nitrogen and oxygen atoms in total. The average molecular weight is 385 g/mol. The molecule has 0 aromatic carbocycles. The number of likely N-dealkylation sites (tertiary alicyclic amines) is 1. The largest absolute Gasteiger partial charge is 0.381 e. The topological polar surface area (TPSA) is 76.8 Å². The van der Waals surface area contributed by atoms with Crippen molar-refractivity contribution in [3.05, 3.63) is 24.2 Å². The molecule has 1 atom stereocenters. The molecule has 2 aromatic rings. The van der Waals surface area contributed by atoms with Crippen LogP contribution < -0.4 is 4.90 Å². The first kappa shape index (κ1) is 18.0. The van der Waals surface area contributed by atoms with Crippen LogP contribution in [0.3, 0.4) is 0 Å². The van der Waals surface area contributed by atoms with E-state index in [1.54, 1.807) is 0 Å². The molecular formula is C20H27N5O3. The lowest BCUT2D eigenvalue weighted by Gasteiger charge is -2.33. The lowest BCUT2D eigenvalue weighted by atomic mass is 10.1. The third kappa shape index (κ3) is 3.64. The fourth-order valence-electron chi connectivity index (χ4n) is 4.49. The maximum absolute atomic E-state index is 5.68. The van der Waals surface area contributed by atoms with Crippen molar-refractivity contribution >= 4 is 5.82 Å². The van der Waals surface area contributed by atoms with Gasteiger partial charge in [0.1, 0.15) is 5.82 Å². The van der Waals surface area contributed by atoms with E-state index in [2.05, 4.69) is 19.9 Å². The quantitative estimate of drug-likeness (QED) is 0.793. The van der Waals surface area contributed by atoms with Crippen molar-refractivity contribution in [3.8, 4) is 11.4 Å². The first-order valence-electron chi connectivity index (χ1n) is 10.3. The summed E-state index contributed by atoms with van der Waals surface area (Å²) in [6.07, 6.45) is 6.27. The van der Waals surface area contributed by atoms with Gasteiger partial charge < -0.3 is 18.9 Å². The number of morpholine rings is 1. The summed E-state index contributed by atoms with van der Waals surface area (Å²) in [5.74, 6) is 2.32. The third-order valence-electron chi connectivity index (χ3n) is 6.02. The SMILES string of the molecule is c1cc(N2CCOCC2)ncc1-c1noc([C@@H]2CCCN2C2CCOCC2)n1. The number of nitrogens with zero attached hydrogens (tertiary/aromatic N) is 5. The second kappa shape index (κ2) is 8.14. The van der Waals surface area contributed by atoms with E-state index in [4.69, 9.17) is 19.0 Å². The lowest BCUT2D eigenvalue weighted by molar-refractivity contribution is 0.0243. The van der Waals surface area contributed by atoms with Crippen LogP contribution in [-0.2, 0) is 9.47 Å². The highest BCUT2D eigenvalue weighted by molar-refractivity contribution is 5.56. The Morgan fingerprint density at radius 1 is 0.929 bits per heavy atom. The normalized spacial score (nSPS) is 24.7. The molecule has 3 fully saturated rings. The molecule has 150 valence electrons. The fourth-order valence-corrected chi connectivity index (χ4v) is 4.49. The van der Waals surface area contributed by atoms with Crippen LogP contribution in [0.25, 0.3) is 11.4 Å². The molecule has 3 aliphatic rings. The Morgan fingerprint density at radius 3 is 2.54 bits per heavy atom. The molecule has 5 rings (SSSR count). The van der Waals surface area contributed by atoms with Gasteiger partial charge in [0.25, 0.3) is 0 Å². The molecule has 0 unspecified atom stereocenters. The van der Waals surface area contributed by atoms with Crippen LogP contribution in [0.5, 0.6) is 0 Å². The molecule has 0 bridgehead atoms. The summed E-state index contributed by atoms with van der Waals surface area (Å²) in [6.45, 7) is 6.06. The molecule has 0 N–H and O–H groups in total. The first-order valence-corrected chi connectivity index (χ1v) is 10.3. The number of hydrogen-bond donors (Lipinski definition) is 0. The van der Waals surface area contributed by atoms with Crippen LogP contribution in [0, 0.1) is 0 Å². The van der Waals surface area contributed by atoms with Gasteiger partial charge in [0, 0.05) is 44.1 Å². The van der Waals surface area contributed by atoms with Gasteiger partial charge in [-0.15, -0.1) is 0 Å². The number of hydrogen-bond acceptors (Lipinski definition) is 8. The Kier molecular flexibility index (Phi) is 5.24. The van der Waals surface area contributed by atoms with Crippen molar-refractivity contribution in [2.24, 2.45) is 0 Å². The zero-order chi connectivity index (χ0) is 18.8. The smallest absolute Gasteiger partial charge is 0.244 e. The minimum Gasteiger partial charge on any atom is -0.381 e. The zero-order valence-corrected chi connectivity index (χ0v) is 16.1. The van der Waals surface area contributed by atoms with Gasteiger partial charge in [-0.25, -0.2) is 4.98 Å². The van der Waals surface area contributed by atoms with E-state index in [1.165, 1.54) is 6.42 Å². The molecule has 28 heavy (non-hydrogen) atoms. The van der Waals surface area contributed by atoms with E-state index in [0.717, 1.165) is 82.6 Å². The number of anilines is 1. The summed E-state index contributed by atoms with van der Waals surface area (Å²) in [5.41, 5.74) is 0.891. The number of rotatable bonds is 4. The molecule has 0 spiro atoms. The first-order chi connectivity index (χ1) is 13.9. The van der Waals surface area contributed by atoms with Gasteiger partial charge >= 0.3 is 0 Å². The Morgan fingerprint density at radius 2 is 1.75 bits per heavy atom. The van der Waals surface area contributed by atoms with Gasteiger partial charge in [-0.3, -0.25) is 4.90 Å². The minimum absolute atomic E-state index is 0.227. The zero-order valence-electron chi connectivity index (χ0n) is 16.1. The van der Waals surface area contributed by atoms with Gasteiger partial charge in [0.15, 0.2) is 0 Å². The molecular weight excluding hydrogens is 358 g/mol. The van der Waals surface area contributed by atoms with Crippen LogP contribution in [0.2, 0.25) is 0 Å². The monoisotopic (exact) mass is 385 g/mol. The van der Waals surface area contributed by atoms with Crippen molar-refractivity contribution in [1.82, 2.24) is 20.0 Å². The van der Waals surface area contributed by atoms with E-state index >= 15 is 0 Å². The van der Waals surface area contributed by atoms with Crippen molar-refractivity contribution in [1.29, 1.82) is 0 Å². The van der Waals surface area contributed by atoms with Gasteiger partial charge in [0.05, 0.1) is 19.3 Å². The summed E-state index contributed by atoms with van der Waals surface area (Å²) in [7, 11) is 0. The Hall–Kier alpha value is -2.03. The van der Waals surface area contributed by atoms with Crippen LogP contribution >= 0.6 is 0 Å². The molecule has 5 heterocycles. The molecule has 2 aromatic heterocycles. The fraction of sp³-hybridized carbons (Fsp3) is 0.650. The minimum atomic E-state index is 0.227. The maximum atomic E-state index is 5.68. The van der Waals surface area contributed by atoms with Crippen LogP contribution in [-0.4, -0.2) is 72.1 Å². The van der Waals surface area contributed by atoms with Gasteiger partial charge in [-0.05, 0) is 44.4 Å². The third-order valence-corrected chi connectivity index (χ3v) is 6.02. The van der Waals surface area contributed by atoms with E-state index in [0.29, 0.717) is 11.9 Å². The molecule has 0 radical (unpaired) electrons. The molecule has 3 aliphatic heterocycles. The van der Waals surface area contributed by atoms with Gasteiger partial charge in [-0.2, -0.15) is 4.98 Å². The summed E-state index contributed by atoms with van der Waals surface area (Å²) >= 11 is 0. The van der Waals surface area contributed by atoms with Gasteiger partial charge in [-0.1, -0.05) is 5.16 Å². The second-order valence-corrected chi connectivity index (χ2v) is 7.70. The van der Waals surface area contributed by atoms with Crippen LogP contribution in [0.1, 0.15) is 37.6 Å². The average Bonchev–Trinajstić information content (AvgIpc) is 3.45. The van der Waals surface area contributed by atoms with Crippen molar-refractivity contribution in [2.75, 3.05) is 51.0 Å². The maximum Gasteiger partial charge on any atom is 0.244 e. The van der Waals surface area contributed by atoms with Crippen molar-refractivity contribution < 1.29 is 14.0 Å². The Balaban J connectivity index is 1.30. The highest BCUT2D eigenvalue weighted by Crippen LogP contribution is 2.35. The number of aromatic nitrogens is 3. The second-order valence-electron chi connectivity index (χ2n) is 7.70. The van der Waals surface area contributed by atoms with E-state index in [-0.39, 0.29) is 6.04 Å². The molecule has 3 saturated heterocycles. The predicted molar refractivity (Wildman–Crippen MR) is 103 cm³/mol. The summed E-state index contributed by atoms with van der Waals surface area (Å²) in [4.78, 5) is 14.1. The van der Waals surface area contributed by atoms with Crippen molar-refractivity contribution in [2.45, 2.75) is 37.8 Å². The molecule has 0 aliphatic carbocycles. The molecule has 0 amide bonds. The summed E-state index contributed by atoms with van der Waals surface area (Å²) in [6, 6.07) is 4.84. The summed E-state index contributed by atoms with van der Waals surface area (Å²) in [5, 5.41) is 4.24. The van der Waals surface area contributed by atoms with Gasteiger partial charge in [0.2, 0.25) is 11.7 Å². The van der Waals surface area contributed by atoms with Crippen LogP contribution in [0.15, 0.2) is 22.9 Å².